The van der Waals surface area contributed by atoms with Crippen molar-refractivity contribution in [3.05, 3.63) is 77.0 Å². The molecule has 1 atom stereocenters. The van der Waals surface area contributed by atoms with Gasteiger partial charge in [-0.05, 0) is 62.8 Å². The first-order valence-electron chi connectivity index (χ1n) is 12.7. The summed E-state index contributed by atoms with van der Waals surface area (Å²) in [5, 5.41) is 8.80. The Balaban J connectivity index is 1.45. The maximum atomic E-state index is 13.5. The Kier molecular flexibility index (Phi) is 7.60. The molecule has 7 nitrogen and oxygen atoms in total. The van der Waals surface area contributed by atoms with E-state index in [1.165, 1.54) is 12.0 Å². The lowest BCUT2D eigenvalue weighted by Gasteiger charge is -2.30. The second kappa shape index (κ2) is 11.2. The number of esters is 1. The van der Waals surface area contributed by atoms with Gasteiger partial charge in [0, 0.05) is 11.4 Å². The summed E-state index contributed by atoms with van der Waals surface area (Å²) in [6.07, 6.45) is 5.24. The van der Waals surface area contributed by atoms with Crippen LogP contribution in [0.25, 0.3) is 0 Å². The number of carbonyl (C=O) groups excluding carboxylic acids is 1. The van der Waals surface area contributed by atoms with Crippen LogP contribution in [0.15, 0.2) is 71.0 Å². The van der Waals surface area contributed by atoms with Crippen molar-refractivity contribution in [2.24, 2.45) is 0 Å². The summed E-state index contributed by atoms with van der Waals surface area (Å²) in [5.74, 6) is 1.89. The Morgan fingerprint density at radius 3 is 2.56 bits per heavy atom. The van der Waals surface area contributed by atoms with Crippen LogP contribution in [0.4, 0.5) is 5.95 Å². The lowest BCUT2D eigenvalue weighted by molar-refractivity contribution is -0.146. The largest absolute Gasteiger partial charge is 0.494 e. The van der Waals surface area contributed by atoms with Gasteiger partial charge in [0.1, 0.15) is 17.9 Å². The van der Waals surface area contributed by atoms with Gasteiger partial charge < -0.3 is 14.8 Å². The topological polar surface area (TPSA) is 78.3 Å². The van der Waals surface area contributed by atoms with Crippen molar-refractivity contribution in [2.45, 2.75) is 69.0 Å². The molecule has 1 aromatic heterocycles. The number of ether oxygens (including phenoxy) is 2. The third kappa shape index (κ3) is 5.43. The van der Waals surface area contributed by atoms with Crippen molar-refractivity contribution in [2.75, 3.05) is 11.9 Å². The number of nitrogens with one attached hydrogen (secondary N) is 1. The molecule has 8 heteroatoms. The molecular formula is C28H32N4O3S. The highest BCUT2D eigenvalue weighted by molar-refractivity contribution is 7.98. The lowest BCUT2D eigenvalue weighted by atomic mass is 9.95. The Morgan fingerprint density at radius 2 is 1.83 bits per heavy atom. The van der Waals surface area contributed by atoms with Gasteiger partial charge in [0.05, 0.1) is 12.2 Å². The number of allylic oxidation sites excluding steroid dienone is 1. The molecule has 0 amide bonds. The highest BCUT2D eigenvalue weighted by Gasteiger charge is 2.36. The number of aromatic nitrogens is 3. The van der Waals surface area contributed by atoms with E-state index in [-0.39, 0.29) is 12.1 Å². The lowest BCUT2D eigenvalue weighted by Crippen LogP contribution is -2.32. The van der Waals surface area contributed by atoms with Crippen LogP contribution in [-0.2, 0) is 15.3 Å². The number of anilines is 1. The summed E-state index contributed by atoms with van der Waals surface area (Å²) in [5.41, 5.74) is 3.45. The van der Waals surface area contributed by atoms with Crippen LogP contribution < -0.4 is 10.1 Å². The SMILES string of the molecule is CCOc1ccc(C2C(C(=O)OC3CCCCC3)=C(C)Nc3nc(SCc4ccccc4)nn32)cc1. The zero-order valence-electron chi connectivity index (χ0n) is 20.8. The standard InChI is InChI=1S/C28H32N4O3S/c1-3-34-22-16-14-21(15-17-22)25-24(26(33)35-23-12-8-5-9-13-23)19(2)29-27-30-28(31-32(25)27)36-18-20-10-6-4-7-11-20/h4,6-7,10-11,14-17,23,25H,3,5,8-9,12-13,18H2,1-2H3,(H,29,30,31). The molecule has 0 spiro atoms. The fourth-order valence-corrected chi connectivity index (χ4v) is 5.58. The minimum atomic E-state index is -0.438. The van der Waals surface area contributed by atoms with Gasteiger partial charge in [-0.2, -0.15) is 4.98 Å². The van der Waals surface area contributed by atoms with Crippen LogP contribution in [0.5, 0.6) is 5.75 Å². The van der Waals surface area contributed by atoms with Crippen molar-refractivity contribution in [1.82, 2.24) is 14.8 Å². The molecule has 2 aliphatic rings. The first-order valence-corrected chi connectivity index (χ1v) is 13.7. The molecule has 2 aromatic carbocycles. The van der Waals surface area contributed by atoms with Gasteiger partial charge in [-0.25, -0.2) is 9.48 Å². The van der Waals surface area contributed by atoms with Crippen molar-refractivity contribution in [3.8, 4) is 5.75 Å². The van der Waals surface area contributed by atoms with Gasteiger partial charge >= 0.3 is 5.97 Å². The van der Waals surface area contributed by atoms with Gasteiger partial charge in [0.25, 0.3) is 0 Å². The van der Waals surface area contributed by atoms with Gasteiger partial charge in [0.2, 0.25) is 11.1 Å². The van der Waals surface area contributed by atoms with Crippen molar-refractivity contribution >= 4 is 23.7 Å². The Bertz CT molecular complexity index is 1220. The fraction of sp³-hybridized carbons (Fsp3) is 0.393. The van der Waals surface area contributed by atoms with E-state index in [0.717, 1.165) is 48.4 Å². The van der Waals surface area contributed by atoms with Gasteiger partial charge in [-0.15, -0.1) is 5.10 Å². The van der Waals surface area contributed by atoms with E-state index < -0.39 is 6.04 Å². The second-order valence-electron chi connectivity index (χ2n) is 9.17. The molecule has 0 radical (unpaired) electrons. The summed E-state index contributed by atoms with van der Waals surface area (Å²) in [7, 11) is 0. The number of carbonyl (C=O) groups is 1. The van der Waals surface area contributed by atoms with Crippen LogP contribution in [0, 0.1) is 0 Å². The zero-order valence-corrected chi connectivity index (χ0v) is 21.6. The summed E-state index contributed by atoms with van der Waals surface area (Å²) in [6.45, 7) is 4.47. The summed E-state index contributed by atoms with van der Waals surface area (Å²) in [4.78, 5) is 18.3. The smallest absolute Gasteiger partial charge is 0.338 e. The Morgan fingerprint density at radius 1 is 1.08 bits per heavy atom. The average Bonchev–Trinajstić information content (AvgIpc) is 3.31. The molecule has 36 heavy (non-hydrogen) atoms. The van der Waals surface area contributed by atoms with Crippen LogP contribution in [0.1, 0.15) is 63.1 Å². The number of benzene rings is 2. The first-order chi connectivity index (χ1) is 17.6. The average molecular weight is 505 g/mol. The molecule has 1 aliphatic carbocycles. The molecule has 2 heterocycles. The molecule has 188 valence electrons. The molecule has 3 aromatic rings. The van der Waals surface area contributed by atoms with E-state index in [2.05, 4.69) is 17.4 Å². The molecule has 1 N–H and O–H groups in total. The molecule has 1 aliphatic heterocycles. The summed E-state index contributed by atoms with van der Waals surface area (Å²) >= 11 is 1.57. The van der Waals surface area contributed by atoms with Crippen molar-refractivity contribution < 1.29 is 14.3 Å². The van der Waals surface area contributed by atoms with E-state index in [4.69, 9.17) is 19.6 Å². The minimum absolute atomic E-state index is 0.0262. The van der Waals surface area contributed by atoms with Crippen LogP contribution in [0.2, 0.25) is 0 Å². The number of hydrogen-bond donors (Lipinski definition) is 1. The molecular weight excluding hydrogens is 472 g/mol. The molecule has 1 unspecified atom stereocenters. The minimum Gasteiger partial charge on any atom is -0.494 e. The highest BCUT2D eigenvalue weighted by Crippen LogP contribution is 2.38. The van der Waals surface area contributed by atoms with Gasteiger partial charge in [-0.3, -0.25) is 0 Å². The van der Waals surface area contributed by atoms with E-state index in [9.17, 15) is 4.79 Å². The molecule has 0 bridgehead atoms. The fourth-order valence-electron chi connectivity index (χ4n) is 4.80. The number of fused-ring (bicyclic) bond motifs is 1. The highest BCUT2D eigenvalue weighted by atomic mass is 32.2. The predicted octanol–water partition coefficient (Wildman–Crippen LogP) is 6.13. The Hall–Kier alpha value is -3.26. The quantitative estimate of drug-likeness (QED) is 0.292. The number of nitrogens with zero attached hydrogens (tertiary/aromatic N) is 3. The van der Waals surface area contributed by atoms with Crippen molar-refractivity contribution in [1.29, 1.82) is 0 Å². The summed E-state index contributed by atoms with van der Waals surface area (Å²) < 4.78 is 13.5. The molecule has 5 rings (SSSR count). The van der Waals surface area contributed by atoms with Crippen LogP contribution >= 0.6 is 11.8 Å². The van der Waals surface area contributed by atoms with E-state index in [1.54, 1.807) is 11.8 Å². The van der Waals surface area contributed by atoms with Gasteiger partial charge in [-0.1, -0.05) is 60.6 Å². The third-order valence-electron chi connectivity index (χ3n) is 6.60. The van der Waals surface area contributed by atoms with E-state index in [1.807, 2.05) is 61.0 Å². The molecule has 0 saturated heterocycles. The molecule has 1 fully saturated rings. The van der Waals surface area contributed by atoms with E-state index in [0.29, 0.717) is 23.3 Å². The van der Waals surface area contributed by atoms with Gasteiger partial charge in [0.15, 0.2) is 0 Å². The summed E-state index contributed by atoms with van der Waals surface area (Å²) in [6, 6.07) is 17.7. The third-order valence-corrected chi connectivity index (χ3v) is 7.51. The number of rotatable bonds is 8. The van der Waals surface area contributed by atoms with E-state index >= 15 is 0 Å². The number of thioether (sulfide) groups is 1. The molecule has 1 saturated carbocycles. The number of hydrogen-bond acceptors (Lipinski definition) is 7. The monoisotopic (exact) mass is 504 g/mol. The zero-order chi connectivity index (χ0) is 24.9. The second-order valence-corrected chi connectivity index (χ2v) is 10.1. The van der Waals surface area contributed by atoms with Crippen molar-refractivity contribution in [3.63, 3.8) is 0 Å². The Labute approximate surface area is 216 Å². The van der Waals surface area contributed by atoms with Crippen LogP contribution in [0.3, 0.4) is 0 Å². The first kappa shape index (κ1) is 24.4. The van der Waals surface area contributed by atoms with Crippen LogP contribution in [-0.4, -0.2) is 33.4 Å². The normalized spacial score (nSPS) is 17.9. The maximum Gasteiger partial charge on any atom is 0.338 e. The predicted molar refractivity (Wildman–Crippen MR) is 141 cm³/mol. The maximum absolute atomic E-state index is 13.5.